The van der Waals surface area contributed by atoms with E-state index in [9.17, 15) is 9.59 Å². The fourth-order valence-electron chi connectivity index (χ4n) is 4.07. The molecule has 4 rings (SSSR count). The van der Waals surface area contributed by atoms with Crippen LogP contribution in [0.25, 0.3) is 0 Å². The van der Waals surface area contributed by atoms with Crippen LogP contribution in [0.3, 0.4) is 0 Å². The van der Waals surface area contributed by atoms with E-state index in [2.05, 4.69) is 0 Å². The van der Waals surface area contributed by atoms with E-state index in [1.54, 1.807) is 31.4 Å². The predicted molar refractivity (Wildman–Crippen MR) is 96.6 cm³/mol. The molecule has 136 valence electrons. The molecule has 2 atom stereocenters. The summed E-state index contributed by atoms with van der Waals surface area (Å²) in [6, 6.07) is 12.7. The van der Waals surface area contributed by atoms with Crippen LogP contribution < -0.4 is 15.0 Å². The Labute approximate surface area is 152 Å². The number of carbonyl (C=O) groups excluding carboxylic acids is 1. The highest BCUT2D eigenvalue weighted by molar-refractivity contribution is 5.78. The minimum absolute atomic E-state index is 0.0125. The number of fused-ring (bicyclic) bond motifs is 4. The quantitative estimate of drug-likeness (QED) is 0.841. The van der Waals surface area contributed by atoms with E-state index in [1.165, 1.54) is 0 Å². The Kier molecular flexibility index (Phi) is 4.41. The summed E-state index contributed by atoms with van der Waals surface area (Å²) in [5.41, 5.74) is 1.09. The molecule has 0 spiro atoms. The second kappa shape index (κ2) is 6.86. The zero-order valence-corrected chi connectivity index (χ0v) is 14.8. The Morgan fingerprint density at radius 2 is 1.88 bits per heavy atom. The second-order valence-electron chi connectivity index (χ2n) is 6.94. The molecule has 1 amide bonds. The number of methoxy groups -OCH3 is 1. The van der Waals surface area contributed by atoms with Crippen molar-refractivity contribution in [3.05, 3.63) is 58.5 Å². The number of piperidine rings is 1. The van der Waals surface area contributed by atoms with Gasteiger partial charge < -0.3 is 18.9 Å². The summed E-state index contributed by atoms with van der Waals surface area (Å²) in [6.45, 7) is 1.98. The summed E-state index contributed by atoms with van der Waals surface area (Å²) in [7, 11) is 1.58. The fraction of sp³-hybridized carbons (Fsp3) is 0.400. The number of nitrogens with zero attached hydrogens (tertiary/aromatic N) is 2. The van der Waals surface area contributed by atoms with Gasteiger partial charge in [-0.25, -0.2) is 0 Å². The fourth-order valence-corrected chi connectivity index (χ4v) is 4.07. The van der Waals surface area contributed by atoms with Crippen LogP contribution in [-0.4, -0.2) is 42.2 Å². The van der Waals surface area contributed by atoms with Crippen molar-refractivity contribution >= 4 is 5.91 Å². The molecule has 2 aromatic rings. The number of benzene rings is 1. The van der Waals surface area contributed by atoms with Crippen LogP contribution in [0.15, 0.2) is 47.3 Å². The number of ether oxygens (including phenoxy) is 2. The number of hydrogen-bond acceptors (Lipinski definition) is 4. The monoisotopic (exact) mass is 354 g/mol. The van der Waals surface area contributed by atoms with Crippen LogP contribution in [0.5, 0.6) is 11.5 Å². The zero-order chi connectivity index (χ0) is 18.1. The molecule has 1 fully saturated rings. The largest absolute Gasteiger partial charge is 0.493 e. The average molecular weight is 354 g/mol. The first kappa shape index (κ1) is 16.7. The van der Waals surface area contributed by atoms with Crippen molar-refractivity contribution in [1.82, 2.24) is 9.47 Å². The lowest BCUT2D eigenvalue weighted by Gasteiger charge is -2.42. The lowest BCUT2D eigenvalue weighted by atomic mass is 9.83. The number of likely N-dealkylation sites (tertiary alicyclic amines) is 1. The lowest BCUT2D eigenvalue weighted by molar-refractivity contribution is -0.136. The summed E-state index contributed by atoms with van der Waals surface area (Å²) in [5.74, 6) is 1.68. The van der Waals surface area contributed by atoms with Crippen LogP contribution in [0.2, 0.25) is 0 Å². The van der Waals surface area contributed by atoms with Gasteiger partial charge in [0.1, 0.15) is 0 Å². The molecule has 0 N–H and O–H groups in total. The van der Waals surface area contributed by atoms with Crippen molar-refractivity contribution in [2.75, 3.05) is 26.8 Å². The van der Waals surface area contributed by atoms with Gasteiger partial charge in [-0.15, -0.1) is 0 Å². The third-order valence-corrected chi connectivity index (χ3v) is 5.25. The molecule has 0 saturated carbocycles. The van der Waals surface area contributed by atoms with Crippen LogP contribution in [-0.2, 0) is 11.3 Å². The Morgan fingerprint density at radius 1 is 1.08 bits per heavy atom. The van der Waals surface area contributed by atoms with Gasteiger partial charge in [0, 0.05) is 37.3 Å². The molecule has 0 unspecified atom stereocenters. The molecule has 2 aliphatic heterocycles. The second-order valence-corrected chi connectivity index (χ2v) is 6.94. The van der Waals surface area contributed by atoms with E-state index >= 15 is 0 Å². The van der Waals surface area contributed by atoms with E-state index in [0.717, 1.165) is 12.1 Å². The zero-order valence-electron chi connectivity index (χ0n) is 14.8. The van der Waals surface area contributed by atoms with Gasteiger partial charge in [0.25, 0.3) is 11.5 Å². The number of amides is 1. The van der Waals surface area contributed by atoms with Crippen molar-refractivity contribution < 1.29 is 14.3 Å². The minimum Gasteiger partial charge on any atom is -0.493 e. The van der Waals surface area contributed by atoms with Crippen LogP contribution in [0, 0.1) is 5.92 Å². The maximum Gasteiger partial charge on any atom is 0.260 e. The number of pyridine rings is 1. The molecule has 1 aromatic heterocycles. The summed E-state index contributed by atoms with van der Waals surface area (Å²) < 4.78 is 12.8. The molecule has 6 heteroatoms. The standard InChI is InChI=1S/C20H22N2O4/c1-25-17-6-2-3-7-18(17)26-13-20(24)21-10-14-9-15(12-21)16-5-4-8-19(23)22(16)11-14/h2-8,14-15H,9-13H2,1H3/t14-,15+/m1/s1. The van der Waals surface area contributed by atoms with E-state index in [-0.39, 0.29) is 24.0 Å². The topological polar surface area (TPSA) is 60.8 Å². The molecule has 2 aliphatic rings. The van der Waals surface area contributed by atoms with Gasteiger partial charge in [-0.3, -0.25) is 9.59 Å². The number of hydrogen-bond donors (Lipinski definition) is 0. The summed E-state index contributed by atoms with van der Waals surface area (Å²) in [4.78, 5) is 26.6. The van der Waals surface area contributed by atoms with Gasteiger partial charge >= 0.3 is 0 Å². The predicted octanol–water partition coefficient (Wildman–Crippen LogP) is 1.88. The normalized spacial score (nSPS) is 21.0. The van der Waals surface area contributed by atoms with Crippen LogP contribution in [0.4, 0.5) is 0 Å². The Morgan fingerprint density at radius 3 is 2.69 bits per heavy atom. The molecular formula is C20H22N2O4. The number of aromatic nitrogens is 1. The van der Waals surface area contributed by atoms with Gasteiger partial charge in [-0.2, -0.15) is 0 Å². The minimum atomic E-state index is -0.0302. The highest BCUT2D eigenvalue weighted by atomic mass is 16.5. The van der Waals surface area contributed by atoms with Gasteiger partial charge in [-0.05, 0) is 30.5 Å². The van der Waals surface area contributed by atoms with E-state index in [4.69, 9.17) is 9.47 Å². The van der Waals surface area contributed by atoms with Crippen LogP contribution in [0.1, 0.15) is 18.0 Å². The first-order chi connectivity index (χ1) is 12.7. The highest BCUT2D eigenvalue weighted by Crippen LogP contribution is 2.35. The molecule has 3 heterocycles. The van der Waals surface area contributed by atoms with Crippen molar-refractivity contribution in [2.24, 2.45) is 5.92 Å². The van der Waals surface area contributed by atoms with Gasteiger partial charge in [0.05, 0.1) is 7.11 Å². The van der Waals surface area contributed by atoms with Crippen molar-refractivity contribution in [2.45, 2.75) is 18.9 Å². The SMILES string of the molecule is COc1ccccc1OCC(=O)N1C[C@H]2C[C@@H](C1)c1cccc(=O)n1C2. The maximum absolute atomic E-state index is 12.7. The Balaban J connectivity index is 1.45. The lowest BCUT2D eigenvalue weighted by Crippen LogP contribution is -2.50. The van der Waals surface area contributed by atoms with Crippen molar-refractivity contribution in [1.29, 1.82) is 0 Å². The molecule has 0 aliphatic carbocycles. The third-order valence-electron chi connectivity index (χ3n) is 5.25. The maximum atomic E-state index is 12.7. The van der Waals surface area contributed by atoms with Gasteiger partial charge in [0.15, 0.2) is 18.1 Å². The molecule has 6 nitrogen and oxygen atoms in total. The third kappa shape index (κ3) is 3.07. The summed E-state index contributed by atoms with van der Waals surface area (Å²) in [5, 5.41) is 0. The number of rotatable bonds is 4. The average Bonchev–Trinajstić information content (AvgIpc) is 2.67. The molecule has 1 aromatic carbocycles. The Bertz CT molecular complexity index is 876. The van der Waals surface area contributed by atoms with E-state index in [0.29, 0.717) is 37.1 Å². The smallest absolute Gasteiger partial charge is 0.260 e. The molecular weight excluding hydrogens is 332 g/mol. The van der Waals surface area contributed by atoms with Crippen LogP contribution >= 0.6 is 0 Å². The number of para-hydroxylation sites is 2. The summed E-state index contributed by atoms with van der Waals surface area (Å²) >= 11 is 0. The summed E-state index contributed by atoms with van der Waals surface area (Å²) in [6.07, 6.45) is 1.03. The highest BCUT2D eigenvalue weighted by Gasteiger charge is 2.36. The van der Waals surface area contributed by atoms with Gasteiger partial charge in [-0.1, -0.05) is 18.2 Å². The first-order valence-corrected chi connectivity index (χ1v) is 8.89. The Hall–Kier alpha value is -2.76. The van der Waals surface area contributed by atoms with Crippen molar-refractivity contribution in [3.63, 3.8) is 0 Å². The number of carbonyl (C=O) groups is 1. The van der Waals surface area contributed by atoms with Gasteiger partial charge in [0.2, 0.25) is 0 Å². The van der Waals surface area contributed by atoms with Crippen molar-refractivity contribution in [3.8, 4) is 11.5 Å². The molecule has 1 saturated heterocycles. The molecule has 2 bridgehead atoms. The molecule has 26 heavy (non-hydrogen) atoms. The first-order valence-electron chi connectivity index (χ1n) is 8.89. The van der Waals surface area contributed by atoms with E-state index < -0.39 is 0 Å². The molecule has 0 radical (unpaired) electrons. The van der Waals surface area contributed by atoms with E-state index in [1.807, 2.05) is 27.7 Å².